The number of hydrogen-bond acceptors (Lipinski definition) is 5. The van der Waals surface area contributed by atoms with E-state index in [1.807, 2.05) is 0 Å². The molecule has 0 atom stereocenters. The van der Waals surface area contributed by atoms with Crippen LogP contribution in [0.3, 0.4) is 0 Å². The van der Waals surface area contributed by atoms with Crippen LogP contribution >= 0.6 is 23.6 Å². The predicted molar refractivity (Wildman–Crippen MR) is 62.7 cm³/mol. The maximum atomic E-state index is 12.6. The van der Waals surface area contributed by atoms with Crippen molar-refractivity contribution in [2.24, 2.45) is 0 Å². The Morgan fingerprint density at radius 1 is 1.44 bits per heavy atom. The van der Waals surface area contributed by atoms with Gasteiger partial charge in [-0.25, -0.2) is 4.68 Å². The number of hydrogen-bond donors (Lipinski definition) is 1. The highest BCUT2D eigenvalue weighted by molar-refractivity contribution is 7.73. The molecule has 1 aromatic rings. The molecule has 1 saturated heterocycles. The molecule has 4 nitrogen and oxygen atoms in total. The quantitative estimate of drug-likeness (QED) is 0.848. The van der Waals surface area contributed by atoms with Crippen molar-refractivity contribution in [2.45, 2.75) is 31.3 Å². The number of aromatic nitrogens is 2. The van der Waals surface area contributed by atoms with Gasteiger partial charge in [-0.1, -0.05) is 11.3 Å². The molecule has 0 radical (unpaired) electrons. The lowest BCUT2D eigenvalue weighted by molar-refractivity contribution is -0.273. The first-order valence-electron chi connectivity index (χ1n) is 5.34. The van der Waals surface area contributed by atoms with Gasteiger partial charge in [0.2, 0.25) is 0 Å². The van der Waals surface area contributed by atoms with Crippen molar-refractivity contribution < 1.29 is 18.3 Å². The third-order valence-corrected chi connectivity index (χ3v) is 4.21. The molecule has 9 heteroatoms. The fraction of sp³-hybridized carbons (Fsp3) is 0.778. The second kappa shape index (κ2) is 4.87. The van der Waals surface area contributed by atoms with Crippen molar-refractivity contribution in [1.29, 1.82) is 0 Å². The van der Waals surface area contributed by atoms with Crippen LogP contribution in [-0.4, -0.2) is 44.7 Å². The standard InChI is InChI=1S/C9H12F3N3OS2/c10-9(11,12)8(16)1-3-14(4-2-8)6-15-7(17)18-5-13-15/h5,16H,1-4,6H2. The lowest BCUT2D eigenvalue weighted by Crippen LogP contribution is -2.53. The zero-order chi connectivity index (χ0) is 13.4. The second-order valence-electron chi connectivity index (χ2n) is 4.29. The van der Waals surface area contributed by atoms with E-state index in [0.717, 1.165) is 0 Å². The number of alkyl halides is 3. The summed E-state index contributed by atoms with van der Waals surface area (Å²) < 4.78 is 39.9. The summed E-state index contributed by atoms with van der Waals surface area (Å²) in [5.41, 5.74) is -0.953. The molecule has 0 spiro atoms. The van der Waals surface area contributed by atoms with Gasteiger partial charge in [0.1, 0.15) is 5.51 Å². The molecule has 2 heterocycles. The van der Waals surface area contributed by atoms with Crippen LogP contribution in [-0.2, 0) is 6.67 Å². The van der Waals surface area contributed by atoms with Gasteiger partial charge in [-0.2, -0.15) is 18.3 Å². The number of rotatable bonds is 2. The molecule has 0 unspecified atom stereocenters. The minimum atomic E-state index is -4.56. The van der Waals surface area contributed by atoms with Crippen LogP contribution in [0.5, 0.6) is 0 Å². The Balaban J connectivity index is 1.95. The van der Waals surface area contributed by atoms with Crippen molar-refractivity contribution >= 4 is 23.6 Å². The minimum absolute atomic E-state index is 0.176. The molecule has 0 aliphatic carbocycles. The van der Waals surface area contributed by atoms with Crippen molar-refractivity contribution in [3.8, 4) is 0 Å². The van der Waals surface area contributed by atoms with E-state index in [4.69, 9.17) is 12.2 Å². The number of piperidine rings is 1. The van der Waals surface area contributed by atoms with Crippen molar-refractivity contribution in [1.82, 2.24) is 14.7 Å². The Bertz CT molecular complexity index is 462. The zero-order valence-corrected chi connectivity index (χ0v) is 11.0. The van der Waals surface area contributed by atoms with Gasteiger partial charge < -0.3 is 5.11 Å². The number of aliphatic hydroxyl groups is 1. The summed E-state index contributed by atoms with van der Waals surface area (Å²) in [6, 6.07) is 0. The zero-order valence-electron chi connectivity index (χ0n) is 9.35. The molecule has 1 fully saturated rings. The largest absolute Gasteiger partial charge is 0.417 e. The number of likely N-dealkylation sites (tertiary alicyclic amines) is 1. The van der Waals surface area contributed by atoms with Gasteiger partial charge in [0, 0.05) is 13.1 Å². The highest BCUT2D eigenvalue weighted by atomic mass is 32.1. The highest BCUT2D eigenvalue weighted by Gasteiger charge is 2.54. The lowest BCUT2D eigenvalue weighted by atomic mass is 9.91. The summed E-state index contributed by atoms with van der Waals surface area (Å²) in [6.45, 7) is 0.723. The third kappa shape index (κ3) is 2.73. The van der Waals surface area contributed by atoms with E-state index in [0.29, 0.717) is 10.6 Å². The van der Waals surface area contributed by atoms with Crippen LogP contribution in [0.2, 0.25) is 0 Å². The molecule has 102 valence electrons. The molecule has 0 aromatic carbocycles. The SMILES string of the molecule is OC1(C(F)(F)F)CCN(Cn2ncsc2=S)CC1. The van der Waals surface area contributed by atoms with Gasteiger partial charge in [0.15, 0.2) is 9.56 Å². The molecule has 18 heavy (non-hydrogen) atoms. The van der Waals surface area contributed by atoms with E-state index >= 15 is 0 Å². The smallest absolute Gasteiger partial charge is 0.380 e. The molecular formula is C9H12F3N3OS2. The maximum absolute atomic E-state index is 12.6. The topological polar surface area (TPSA) is 41.3 Å². The summed E-state index contributed by atoms with van der Waals surface area (Å²) in [6.07, 6.45) is -5.18. The van der Waals surface area contributed by atoms with Gasteiger partial charge >= 0.3 is 6.18 Å². The average molecular weight is 299 g/mol. The summed E-state index contributed by atoms with van der Waals surface area (Å²) >= 11 is 6.33. The monoisotopic (exact) mass is 299 g/mol. The Hall–Kier alpha value is -0.510. The Labute approximate surface area is 111 Å². The van der Waals surface area contributed by atoms with E-state index in [2.05, 4.69) is 5.10 Å². The predicted octanol–water partition coefficient (Wildman–Crippen LogP) is 2.02. The first-order valence-corrected chi connectivity index (χ1v) is 6.63. The Kier molecular flexibility index (Phi) is 3.77. The molecule has 0 bridgehead atoms. The summed E-state index contributed by atoms with van der Waals surface area (Å²) in [4.78, 5) is 1.80. The summed E-state index contributed by atoms with van der Waals surface area (Å²) in [5, 5.41) is 13.5. The van der Waals surface area contributed by atoms with E-state index in [1.54, 1.807) is 15.1 Å². The van der Waals surface area contributed by atoms with Crippen LogP contribution in [0, 0.1) is 3.95 Å². The highest BCUT2D eigenvalue weighted by Crippen LogP contribution is 2.38. The van der Waals surface area contributed by atoms with E-state index in [1.165, 1.54) is 11.3 Å². The van der Waals surface area contributed by atoms with Crippen molar-refractivity contribution in [3.05, 3.63) is 9.46 Å². The molecular weight excluding hydrogens is 287 g/mol. The summed E-state index contributed by atoms with van der Waals surface area (Å²) in [7, 11) is 0. The normalized spacial score (nSPS) is 21.1. The van der Waals surface area contributed by atoms with Crippen LogP contribution in [0.1, 0.15) is 12.8 Å². The fourth-order valence-corrected chi connectivity index (χ4v) is 2.58. The molecule has 0 saturated carbocycles. The van der Waals surface area contributed by atoms with Gasteiger partial charge in [-0.05, 0) is 25.1 Å². The van der Waals surface area contributed by atoms with Crippen molar-refractivity contribution in [3.63, 3.8) is 0 Å². The van der Waals surface area contributed by atoms with Gasteiger partial charge in [-0.15, -0.1) is 0 Å². The van der Waals surface area contributed by atoms with Crippen LogP contribution in [0.15, 0.2) is 5.51 Å². The van der Waals surface area contributed by atoms with E-state index in [9.17, 15) is 18.3 Å². The Morgan fingerprint density at radius 3 is 2.50 bits per heavy atom. The van der Waals surface area contributed by atoms with Crippen LogP contribution < -0.4 is 0 Å². The first-order chi connectivity index (χ1) is 8.32. The van der Waals surface area contributed by atoms with Gasteiger partial charge in [0.25, 0.3) is 0 Å². The average Bonchev–Trinajstić information content (AvgIpc) is 2.66. The number of nitrogens with zero attached hydrogens (tertiary/aromatic N) is 3. The van der Waals surface area contributed by atoms with Gasteiger partial charge in [-0.3, -0.25) is 4.90 Å². The third-order valence-electron chi connectivity index (χ3n) is 3.10. The van der Waals surface area contributed by atoms with Gasteiger partial charge in [0.05, 0.1) is 6.67 Å². The van der Waals surface area contributed by atoms with Crippen LogP contribution in [0.25, 0.3) is 0 Å². The van der Waals surface area contributed by atoms with E-state index in [-0.39, 0.29) is 25.9 Å². The van der Waals surface area contributed by atoms with E-state index < -0.39 is 11.8 Å². The Morgan fingerprint density at radius 2 is 2.06 bits per heavy atom. The number of halogens is 3. The molecule has 1 aromatic heterocycles. The minimum Gasteiger partial charge on any atom is -0.380 e. The molecule has 0 amide bonds. The fourth-order valence-electron chi connectivity index (χ4n) is 1.87. The maximum Gasteiger partial charge on any atom is 0.417 e. The lowest BCUT2D eigenvalue weighted by Gasteiger charge is -2.38. The van der Waals surface area contributed by atoms with Crippen molar-refractivity contribution in [2.75, 3.05) is 13.1 Å². The summed E-state index contributed by atoms with van der Waals surface area (Å²) in [5.74, 6) is 0. The molecule has 2 rings (SSSR count). The molecule has 1 aliphatic rings. The van der Waals surface area contributed by atoms with Crippen LogP contribution in [0.4, 0.5) is 13.2 Å². The molecule has 1 N–H and O–H groups in total. The first kappa shape index (κ1) is 13.9. The molecule has 1 aliphatic heterocycles. The second-order valence-corrected chi connectivity index (χ2v) is 5.77.